The lowest BCUT2D eigenvalue weighted by molar-refractivity contribution is -0.123. The molecule has 0 aliphatic rings. The smallest absolute Gasteiger partial charge is 0.407 e. The number of amides is 2. The number of aliphatic hydroxyl groups is 1. The molecule has 192 valence electrons. The highest BCUT2D eigenvalue weighted by molar-refractivity contribution is 5.78. The van der Waals surface area contributed by atoms with E-state index in [0.717, 1.165) is 18.4 Å². The van der Waals surface area contributed by atoms with E-state index in [4.69, 9.17) is 4.74 Å². The predicted molar refractivity (Wildman–Crippen MR) is 138 cm³/mol. The molecule has 0 saturated carbocycles. The fraction of sp³-hybridized carbons (Fsp3) is 0.429. The first-order valence-corrected chi connectivity index (χ1v) is 12.5. The first-order chi connectivity index (χ1) is 17.4. The number of rotatable bonds is 14. The highest BCUT2D eigenvalue weighted by atomic mass is 16.5. The molecule has 1 heterocycles. The van der Waals surface area contributed by atoms with Crippen molar-refractivity contribution in [1.82, 2.24) is 15.6 Å². The number of pyridine rings is 1. The Bertz CT molecular complexity index is 1110. The van der Waals surface area contributed by atoms with E-state index in [1.54, 1.807) is 18.3 Å². The van der Waals surface area contributed by atoms with Crippen molar-refractivity contribution in [3.05, 3.63) is 76.2 Å². The van der Waals surface area contributed by atoms with Crippen LogP contribution in [-0.4, -0.2) is 34.7 Å². The van der Waals surface area contributed by atoms with Crippen LogP contribution >= 0.6 is 0 Å². The summed E-state index contributed by atoms with van der Waals surface area (Å²) in [4.78, 5) is 41.1. The average molecular weight is 494 g/mol. The fourth-order valence-electron chi connectivity index (χ4n) is 3.98. The normalized spacial score (nSPS) is 13.6. The van der Waals surface area contributed by atoms with Gasteiger partial charge in [0.05, 0.1) is 11.7 Å². The molecule has 36 heavy (non-hydrogen) atoms. The standard InChI is InChI=1S/C28H35N3O5/c1-3-4-13-22(26(33)25-24(27(25)34)20-10-6-5-7-11-20)31-23(32)15-14-19(2)17-30-28(35)36-18-21-12-8-9-16-29-21/h5-12,16,19,22,26,33H,3-4,13-15,17-18H2,1-2H3,(H,30,35)(H,31,32)/t19-,22-,26?/m0/s1. The Kier molecular flexibility index (Phi) is 10.2. The van der Waals surface area contributed by atoms with Crippen molar-refractivity contribution in [3.8, 4) is 11.1 Å². The zero-order valence-electron chi connectivity index (χ0n) is 20.9. The monoisotopic (exact) mass is 493 g/mol. The van der Waals surface area contributed by atoms with E-state index in [-0.39, 0.29) is 30.3 Å². The largest absolute Gasteiger partial charge is 0.443 e. The van der Waals surface area contributed by atoms with Gasteiger partial charge in [0.1, 0.15) is 12.7 Å². The topological polar surface area (TPSA) is 118 Å². The molecule has 0 spiro atoms. The van der Waals surface area contributed by atoms with Crippen molar-refractivity contribution in [2.75, 3.05) is 6.54 Å². The maximum Gasteiger partial charge on any atom is 0.407 e. The van der Waals surface area contributed by atoms with Gasteiger partial charge < -0.3 is 20.5 Å². The Morgan fingerprint density at radius 3 is 2.53 bits per heavy atom. The van der Waals surface area contributed by atoms with Gasteiger partial charge in [-0.3, -0.25) is 14.6 Å². The highest BCUT2D eigenvalue weighted by Gasteiger charge is 2.34. The van der Waals surface area contributed by atoms with Crippen LogP contribution in [0.1, 0.15) is 63.3 Å². The summed E-state index contributed by atoms with van der Waals surface area (Å²) in [5.41, 5.74) is 2.26. The lowest BCUT2D eigenvalue weighted by atomic mass is 10.00. The SMILES string of the molecule is CCCC[C@H](NC(=O)CC[C@H](C)CNC(=O)OCc1ccccn1)C(O)c1c(-c2ccccc2)c1=O. The van der Waals surface area contributed by atoms with Crippen molar-refractivity contribution in [1.29, 1.82) is 0 Å². The summed E-state index contributed by atoms with van der Waals surface area (Å²) >= 11 is 0. The second-order valence-electron chi connectivity index (χ2n) is 9.17. The number of alkyl carbamates (subject to hydrolysis) is 1. The predicted octanol–water partition coefficient (Wildman–Crippen LogP) is 4.04. The molecule has 2 aromatic carbocycles. The van der Waals surface area contributed by atoms with Gasteiger partial charge in [-0.05, 0) is 36.5 Å². The molecule has 2 amide bonds. The number of benzene rings is 1. The third-order valence-electron chi connectivity index (χ3n) is 6.17. The lowest BCUT2D eigenvalue weighted by Gasteiger charge is -2.23. The second kappa shape index (κ2) is 13.5. The van der Waals surface area contributed by atoms with E-state index < -0.39 is 18.2 Å². The van der Waals surface area contributed by atoms with Crippen molar-refractivity contribution in [3.63, 3.8) is 0 Å². The molecule has 0 radical (unpaired) electrons. The van der Waals surface area contributed by atoms with Gasteiger partial charge in [0.2, 0.25) is 5.91 Å². The molecule has 1 unspecified atom stereocenters. The number of nitrogens with one attached hydrogen (secondary N) is 2. The molecule has 0 aliphatic carbocycles. The maximum absolute atomic E-state index is 12.7. The number of aliphatic hydroxyl groups excluding tert-OH is 1. The summed E-state index contributed by atoms with van der Waals surface area (Å²) in [7, 11) is 0. The second-order valence-corrected chi connectivity index (χ2v) is 9.17. The molecule has 0 bridgehead atoms. The summed E-state index contributed by atoms with van der Waals surface area (Å²) in [6.45, 7) is 4.45. The van der Waals surface area contributed by atoms with Crippen LogP contribution in [0.2, 0.25) is 0 Å². The molecule has 3 aromatic rings. The molecule has 3 atom stereocenters. The van der Waals surface area contributed by atoms with Gasteiger partial charge in [0, 0.05) is 30.3 Å². The van der Waals surface area contributed by atoms with Gasteiger partial charge >= 0.3 is 6.09 Å². The van der Waals surface area contributed by atoms with Gasteiger partial charge in [0.15, 0.2) is 5.43 Å². The summed E-state index contributed by atoms with van der Waals surface area (Å²) in [5, 5.41) is 16.6. The van der Waals surface area contributed by atoms with Gasteiger partial charge in [-0.1, -0.05) is 63.1 Å². The van der Waals surface area contributed by atoms with Crippen LogP contribution in [0.5, 0.6) is 0 Å². The highest BCUT2D eigenvalue weighted by Crippen LogP contribution is 2.33. The van der Waals surface area contributed by atoms with Gasteiger partial charge in [-0.25, -0.2) is 4.79 Å². The molecular weight excluding hydrogens is 458 g/mol. The third-order valence-corrected chi connectivity index (χ3v) is 6.17. The van der Waals surface area contributed by atoms with E-state index in [0.29, 0.717) is 36.2 Å². The zero-order chi connectivity index (χ0) is 25.9. The first-order valence-electron chi connectivity index (χ1n) is 12.5. The minimum absolute atomic E-state index is 0.0505. The molecule has 0 saturated heterocycles. The summed E-state index contributed by atoms with van der Waals surface area (Å²) in [6, 6.07) is 14.1. The van der Waals surface area contributed by atoms with Crippen LogP contribution < -0.4 is 16.1 Å². The van der Waals surface area contributed by atoms with Crippen LogP contribution in [0, 0.1) is 5.92 Å². The molecule has 8 nitrogen and oxygen atoms in total. The van der Waals surface area contributed by atoms with E-state index in [2.05, 4.69) is 15.6 Å². The minimum Gasteiger partial charge on any atom is -0.443 e. The van der Waals surface area contributed by atoms with Crippen LogP contribution in [-0.2, 0) is 16.1 Å². The lowest BCUT2D eigenvalue weighted by Crippen LogP contribution is -2.39. The number of nitrogens with zero attached hydrogens (tertiary/aromatic N) is 1. The minimum atomic E-state index is -1.03. The average Bonchev–Trinajstić information content (AvgIpc) is 3.58. The number of hydrogen-bond acceptors (Lipinski definition) is 6. The molecule has 0 fully saturated rings. The van der Waals surface area contributed by atoms with Crippen LogP contribution in [0.4, 0.5) is 4.79 Å². The zero-order valence-corrected chi connectivity index (χ0v) is 20.9. The quantitative estimate of drug-likeness (QED) is 0.312. The van der Waals surface area contributed by atoms with Crippen molar-refractivity contribution < 1.29 is 19.4 Å². The number of ether oxygens (including phenoxy) is 1. The van der Waals surface area contributed by atoms with E-state index >= 15 is 0 Å². The molecular formula is C28H35N3O5. The number of carbonyl (C=O) groups excluding carboxylic acids is 2. The fourth-order valence-corrected chi connectivity index (χ4v) is 3.98. The Balaban J connectivity index is 1.43. The number of carbonyl (C=O) groups is 2. The molecule has 3 N–H and O–H groups in total. The molecule has 3 rings (SSSR count). The number of unbranched alkanes of at least 4 members (excludes halogenated alkanes) is 1. The molecule has 0 aliphatic heterocycles. The first kappa shape index (κ1) is 27.1. The van der Waals surface area contributed by atoms with E-state index in [1.807, 2.05) is 50.2 Å². The van der Waals surface area contributed by atoms with E-state index in [1.165, 1.54) is 0 Å². The van der Waals surface area contributed by atoms with Gasteiger partial charge in [-0.15, -0.1) is 0 Å². The van der Waals surface area contributed by atoms with Crippen LogP contribution in [0.25, 0.3) is 11.1 Å². The summed E-state index contributed by atoms with van der Waals surface area (Å²) < 4.78 is 5.15. The number of aromatic nitrogens is 1. The third kappa shape index (κ3) is 8.02. The summed E-state index contributed by atoms with van der Waals surface area (Å²) in [6.07, 6.45) is 3.20. The summed E-state index contributed by atoms with van der Waals surface area (Å²) in [5.74, 6) is -0.135. The van der Waals surface area contributed by atoms with Crippen molar-refractivity contribution in [2.24, 2.45) is 5.92 Å². The van der Waals surface area contributed by atoms with E-state index in [9.17, 15) is 19.5 Å². The van der Waals surface area contributed by atoms with Gasteiger partial charge in [-0.2, -0.15) is 0 Å². The van der Waals surface area contributed by atoms with Crippen LogP contribution in [0.15, 0.2) is 59.5 Å². The van der Waals surface area contributed by atoms with Crippen LogP contribution in [0.3, 0.4) is 0 Å². The Morgan fingerprint density at radius 2 is 1.83 bits per heavy atom. The Morgan fingerprint density at radius 1 is 1.08 bits per heavy atom. The Hall–Kier alpha value is -3.52. The maximum atomic E-state index is 12.7. The molecule has 8 heteroatoms. The Labute approximate surface area is 211 Å². The van der Waals surface area contributed by atoms with Gasteiger partial charge in [0.25, 0.3) is 0 Å². The molecule has 1 aromatic heterocycles. The van der Waals surface area contributed by atoms with Crippen molar-refractivity contribution >= 4 is 12.0 Å². The van der Waals surface area contributed by atoms with Crippen molar-refractivity contribution in [2.45, 2.75) is 64.7 Å². The number of hydrogen-bond donors (Lipinski definition) is 3.